The highest BCUT2D eigenvalue weighted by molar-refractivity contribution is 7.10. The summed E-state index contributed by atoms with van der Waals surface area (Å²) in [5.74, 6) is -0.0628. The molecule has 0 atom stereocenters. The number of hydrogen-bond donors (Lipinski definition) is 1. The van der Waals surface area contributed by atoms with E-state index in [2.05, 4.69) is 10.3 Å². The van der Waals surface area contributed by atoms with Crippen LogP contribution in [0.25, 0.3) is 11.1 Å². The van der Waals surface area contributed by atoms with Crippen molar-refractivity contribution in [3.05, 3.63) is 70.4 Å². The minimum Gasteiger partial charge on any atom is -0.343 e. The topological polar surface area (TPSA) is 62.3 Å². The molecule has 1 fully saturated rings. The maximum Gasteiger partial charge on any atom is 0.275 e. The summed E-state index contributed by atoms with van der Waals surface area (Å²) in [7, 11) is 0. The number of nitrogens with zero attached hydrogens (tertiary/aromatic N) is 2. The highest BCUT2D eigenvalue weighted by Gasteiger charge is 2.26. The third-order valence-electron chi connectivity index (χ3n) is 5.75. The van der Waals surface area contributed by atoms with Crippen LogP contribution >= 0.6 is 11.3 Å². The maximum atomic E-state index is 13.3. The number of anilines is 1. The summed E-state index contributed by atoms with van der Waals surface area (Å²) in [6.45, 7) is 3.51. The van der Waals surface area contributed by atoms with Crippen LogP contribution in [0.2, 0.25) is 0 Å². The molecule has 1 aliphatic rings. The number of para-hydroxylation sites is 1. The number of benzene rings is 2. The molecule has 0 spiro atoms. The first-order valence-corrected chi connectivity index (χ1v) is 11.8. The van der Waals surface area contributed by atoms with E-state index in [0.717, 1.165) is 48.5 Å². The number of rotatable bonds is 6. The normalized spacial score (nSPS) is 14.4. The monoisotopic (exact) mass is 451 g/mol. The fourth-order valence-corrected chi connectivity index (χ4v) is 4.96. The Bertz CT molecular complexity index is 1090. The average molecular weight is 452 g/mol. The van der Waals surface area contributed by atoms with E-state index in [9.17, 15) is 14.0 Å². The summed E-state index contributed by atoms with van der Waals surface area (Å²) in [5.41, 5.74) is 2.69. The minimum atomic E-state index is -0.300. The molecule has 3 aromatic rings. The lowest BCUT2D eigenvalue weighted by Gasteiger charge is -2.31. The van der Waals surface area contributed by atoms with Crippen molar-refractivity contribution in [1.29, 1.82) is 0 Å². The molecular weight excluding hydrogens is 425 g/mol. The van der Waals surface area contributed by atoms with Gasteiger partial charge in [-0.1, -0.05) is 37.3 Å². The van der Waals surface area contributed by atoms with Crippen LogP contribution in [-0.4, -0.2) is 34.8 Å². The number of thiazole rings is 1. The zero-order valence-electron chi connectivity index (χ0n) is 18.0. The van der Waals surface area contributed by atoms with Gasteiger partial charge in [0.05, 0.1) is 5.01 Å². The van der Waals surface area contributed by atoms with E-state index in [-0.39, 0.29) is 23.5 Å². The molecule has 1 N–H and O–H groups in total. The Kier molecular flexibility index (Phi) is 6.95. The molecule has 2 heterocycles. The number of likely N-dealkylation sites (tertiary alicyclic amines) is 1. The first-order chi connectivity index (χ1) is 15.5. The highest BCUT2D eigenvalue weighted by atomic mass is 32.1. The average Bonchev–Trinajstić information content (AvgIpc) is 3.31. The molecule has 0 aliphatic carbocycles. The van der Waals surface area contributed by atoms with Crippen LogP contribution in [0.5, 0.6) is 0 Å². The summed E-state index contributed by atoms with van der Waals surface area (Å²) < 4.78 is 13.3. The number of piperidine rings is 1. The summed E-state index contributed by atoms with van der Waals surface area (Å²) in [6, 6.07) is 13.6. The summed E-state index contributed by atoms with van der Waals surface area (Å²) in [5, 5.41) is 5.69. The molecule has 1 aromatic heterocycles. The molecule has 166 valence electrons. The number of aromatic nitrogens is 1. The fraction of sp³-hybridized carbons (Fsp3) is 0.320. The highest BCUT2D eigenvalue weighted by Crippen LogP contribution is 2.32. The lowest BCUT2D eigenvalue weighted by atomic mass is 9.97. The quantitative estimate of drug-likeness (QED) is 0.522. The standard InChI is InChI=1S/C25H26FN3O2S/c1-2-5-23(30)29-14-12-18(13-15-29)25-28-22(16-32-25)24(31)27-21-7-4-3-6-20(21)17-8-10-19(26)11-9-17/h3-4,6-11,16,18H,2,5,12-15H2,1H3,(H,27,31). The van der Waals surface area contributed by atoms with E-state index in [0.29, 0.717) is 17.8 Å². The molecule has 0 bridgehead atoms. The van der Waals surface area contributed by atoms with E-state index in [4.69, 9.17) is 0 Å². The van der Waals surface area contributed by atoms with E-state index >= 15 is 0 Å². The van der Waals surface area contributed by atoms with Crippen molar-refractivity contribution >= 4 is 28.8 Å². The Labute approximate surface area is 191 Å². The largest absolute Gasteiger partial charge is 0.343 e. The molecule has 0 radical (unpaired) electrons. The molecule has 4 rings (SSSR count). The van der Waals surface area contributed by atoms with Crippen molar-refractivity contribution in [3.8, 4) is 11.1 Å². The fourth-order valence-electron chi connectivity index (χ4n) is 3.99. The van der Waals surface area contributed by atoms with Gasteiger partial charge in [0.2, 0.25) is 5.91 Å². The van der Waals surface area contributed by atoms with Crippen LogP contribution in [0, 0.1) is 5.82 Å². The second-order valence-electron chi connectivity index (χ2n) is 7.98. The molecule has 7 heteroatoms. The lowest BCUT2D eigenvalue weighted by Crippen LogP contribution is -2.37. The van der Waals surface area contributed by atoms with Gasteiger partial charge in [0.1, 0.15) is 11.5 Å². The van der Waals surface area contributed by atoms with Gasteiger partial charge in [0.25, 0.3) is 5.91 Å². The molecular formula is C25H26FN3O2S. The van der Waals surface area contributed by atoms with Crippen LogP contribution in [0.1, 0.15) is 54.0 Å². The van der Waals surface area contributed by atoms with Gasteiger partial charge in [0, 0.05) is 42.1 Å². The SMILES string of the molecule is CCCC(=O)N1CCC(c2nc(C(=O)Nc3ccccc3-c3ccc(F)cc3)cs2)CC1. The number of carbonyl (C=O) groups is 2. The molecule has 5 nitrogen and oxygen atoms in total. The van der Waals surface area contributed by atoms with Crippen molar-refractivity contribution in [3.63, 3.8) is 0 Å². The Hall–Kier alpha value is -3.06. The second-order valence-corrected chi connectivity index (χ2v) is 8.87. The van der Waals surface area contributed by atoms with E-state index in [1.807, 2.05) is 36.1 Å². The number of carbonyl (C=O) groups excluding carboxylic acids is 2. The Morgan fingerprint density at radius 1 is 1.12 bits per heavy atom. The van der Waals surface area contributed by atoms with Crippen molar-refractivity contribution in [2.75, 3.05) is 18.4 Å². The predicted octanol–water partition coefficient (Wildman–Crippen LogP) is 5.71. The van der Waals surface area contributed by atoms with Crippen molar-refractivity contribution in [1.82, 2.24) is 9.88 Å². The third-order valence-corrected chi connectivity index (χ3v) is 6.75. The molecule has 2 amide bonds. The summed E-state index contributed by atoms with van der Waals surface area (Å²) >= 11 is 1.50. The van der Waals surface area contributed by atoms with Crippen molar-refractivity contribution in [2.45, 2.75) is 38.5 Å². The van der Waals surface area contributed by atoms with E-state index in [1.165, 1.54) is 23.5 Å². The summed E-state index contributed by atoms with van der Waals surface area (Å²) in [4.78, 5) is 31.5. The first kappa shape index (κ1) is 22.1. The number of halogens is 1. The van der Waals surface area contributed by atoms with Gasteiger partial charge in [-0.2, -0.15) is 0 Å². The maximum absolute atomic E-state index is 13.3. The molecule has 0 saturated carbocycles. The summed E-state index contributed by atoms with van der Waals surface area (Å²) in [6.07, 6.45) is 3.22. The van der Waals surface area contributed by atoms with Crippen LogP contribution < -0.4 is 5.32 Å². The smallest absolute Gasteiger partial charge is 0.275 e. The first-order valence-electron chi connectivity index (χ1n) is 10.9. The van der Waals surface area contributed by atoms with Gasteiger partial charge in [-0.25, -0.2) is 9.37 Å². The Balaban J connectivity index is 1.42. The Morgan fingerprint density at radius 3 is 2.56 bits per heavy atom. The minimum absolute atomic E-state index is 0.227. The van der Waals surface area contributed by atoms with Crippen molar-refractivity contribution in [2.24, 2.45) is 0 Å². The number of nitrogens with one attached hydrogen (secondary N) is 1. The molecule has 1 saturated heterocycles. The van der Waals surface area contributed by atoms with Gasteiger partial charge in [0.15, 0.2) is 0 Å². The predicted molar refractivity (Wildman–Crippen MR) is 125 cm³/mol. The molecule has 2 aromatic carbocycles. The van der Waals surface area contributed by atoms with Crippen LogP contribution in [0.15, 0.2) is 53.9 Å². The second kappa shape index (κ2) is 10.0. The molecule has 1 aliphatic heterocycles. The zero-order chi connectivity index (χ0) is 22.5. The Morgan fingerprint density at radius 2 is 1.84 bits per heavy atom. The van der Waals surface area contributed by atoms with Crippen molar-refractivity contribution < 1.29 is 14.0 Å². The van der Waals surface area contributed by atoms with Gasteiger partial charge >= 0.3 is 0 Å². The van der Waals surface area contributed by atoms with Gasteiger partial charge < -0.3 is 10.2 Å². The van der Waals surface area contributed by atoms with Crippen LogP contribution in [0.4, 0.5) is 10.1 Å². The molecule has 32 heavy (non-hydrogen) atoms. The van der Waals surface area contributed by atoms with E-state index < -0.39 is 0 Å². The number of hydrogen-bond acceptors (Lipinski definition) is 4. The lowest BCUT2D eigenvalue weighted by molar-refractivity contribution is -0.132. The van der Waals surface area contributed by atoms with Gasteiger partial charge in [-0.3, -0.25) is 9.59 Å². The number of amides is 2. The van der Waals surface area contributed by atoms with Gasteiger partial charge in [-0.15, -0.1) is 11.3 Å². The van der Waals surface area contributed by atoms with E-state index in [1.54, 1.807) is 17.5 Å². The molecule has 0 unspecified atom stereocenters. The third kappa shape index (κ3) is 5.05. The van der Waals surface area contributed by atoms with Crippen LogP contribution in [-0.2, 0) is 4.79 Å². The zero-order valence-corrected chi connectivity index (χ0v) is 18.8. The van der Waals surface area contributed by atoms with Gasteiger partial charge in [-0.05, 0) is 43.0 Å². The van der Waals surface area contributed by atoms with Crippen LogP contribution in [0.3, 0.4) is 0 Å².